The van der Waals surface area contributed by atoms with Gasteiger partial charge in [-0.25, -0.2) is 4.79 Å². The Hall–Kier alpha value is -0.613. The van der Waals surface area contributed by atoms with E-state index in [2.05, 4.69) is 26.2 Å². The lowest BCUT2D eigenvalue weighted by Crippen LogP contribution is -2.31. The molecule has 0 saturated carbocycles. The Kier molecular flexibility index (Phi) is 4.94. The van der Waals surface area contributed by atoms with Crippen LogP contribution in [-0.4, -0.2) is 27.0 Å². The molecule has 0 aliphatic rings. The molecule has 0 aliphatic carbocycles. The molecule has 0 radical (unpaired) electrons. The van der Waals surface area contributed by atoms with Crippen LogP contribution in [0.5, 0.6) is 0 Å². The van der Waals surface area contributed by atoms with E-state index in [1.54, 1.807) is 0 Å². The van der Waals surface area contributed by atoms with Crippen LogP contribution in [0.15, 0.2) is 12.7 Å². The summed E-state index contributed by atoms with van der Waals surface area (Å²) in [6, 6.07) is 0. The lowest BCUT2D eigenvalue weighted by molar-refractivity contribution is -0.143. The number of esters is 1. The summed E-state index contributed by atoms with van der Waals surface area (Å²) >= 11 is 0. The van der Waals surface area contributed by atoms with Gasteiger partial charge in [0.2, 0.25) is 0 Å². The fraction of sp³-hybridized carbons (Fsp3) is 0.667. The normalized spacial score (nSPS) is 13.5. The maximum absolute atomic E-state index is 10.8. The molecule has 3 nitrogen and oxygen atoms in total. The van der Waals surface area contributed by atoms with Gasteiger partial charge >= 0.3 is 5.97 Å². The van der Waals surface area contributed by atoms with Crippen molar-refractivity contribution in [2.24, 2.45) is 0 Å². The lowest BCUT2D eigenvalue weighted by Gasteiger charge is -2.20. The molecule has 0 N–H and O–H groups in total. The summed E-state index contributed by atoms with van der Waals surface area (Å²) in [5, 5.41) is 0. The van der Waals surface area contributed by atoms with Crippen LogP contribution in [0.4, 0.5) is 0 Å². The van der Waals surface area contributed by atoms with Crippen molar-refractivity contribution in [1.82, 2.24) is 0 Å². The van der Waals surface area contributed by atoms with Crippen molar-refractivity contribution in [2.45, 2.75) is 32.7 Å². The van der Waals surface area contributed by atoms with Crippen LogP contribution in [0.25, 0.3) is 0 Å². The maximum atomic E-state index is 10.8. The van der Waals surface area contributed by atoms with Crippen molar-refractivity contribution in [1.29, 1.82) is 0 Å². The second kappa shape index (κ2) is 5.19. The van der Waals surface area contributed by atoms with Crippen molar-refractivity contribution in [3.63, 3.8) is 0 Å². The molecule has 0 saturated heterocycles. The number of carbonyl (C=O) groups is 1. The van der Waals surface area contributed by atoms with Crippen LogP contribution in [-0.2, 0) is 14.0 Å². The monoisotopic (exact) mass is 202 g/mol. The Balaban J connectivity index is 3.69. The molecule has 0 heterocycles. The first kappa shape index (κ1) is 12.4. The fourth-order valence-electron chi connectivity index (χ4n) is 0.648. The van der Waals surface area contributed by atoms with Crippen molar-refractivity contribution in [3.05, 3.63) is 12.7 Å². The zero-order valence-electron chi connectivity index (χ0n) is 8.79. The Bertz CT molecular complexity index is 184. The number of rotatable bonds is 5. The zero-order valence-corrected chi connectivity index (χ0v) is 9.79. The SMILES string of the molecule is C=CC(=O)OC(C)CO[Si](C)(C)C. The van der Waals surface area contributed by atoms with E-state index in [0.717, 1.165) is 6.08 Å². The van der Waals surface area contributed by atoms with Crippen molar-refractivity contribution in [2.75, 3.05) is 6.61 Å². The van der Waals surface area contributed by atoms with Gasteiger partial charge in [0.1, 0.15) is 6.10 Å². The van der Waals surface area contributed by atoms with Crippen molar-refractivity contribution < 1.29 is 14.0 Å². The number of ether oxygens (including phenoxy) is 1. The van der Waals surface area contributed by atoms with E-state index in [9.17, 15) is 4.79 Å². The van der Waals surface area contributed by atoms with E-state index in [1.165, 1.54) is 0 Å². The van der Waals surface area contributed by atoms with E-state index in [4.69, 9.17) is 9.16 Å². The quantitative estimate of drug-likeness (QED) is 0.388. The summed E-state index contributed by atoms with van der Waals surface area (Å²) in [5.41, 5.74) is 0. The summed E-state index contributed by atoms with van der Waals surface area (Å²) in [6.45, 7) is 11.9. The Morgan fingerprint density at radius 2 is 2.08 bits per heavy atom. The van der Waals surface area contributed by atoms with Crippen LogP contribution < -0.4 is 0 Å². The van der Waals surface area contributed by atoms with E-state index in [1.807, 2.05) is 6.92 Å². The second-order valence-corrected chi connectivity index (χ2v) is 8.39. The minimum absolute atomic E-state index is 0.197. The van der Waals surface area contributed by atoms with E-state index >= 15 is 0 Å². The first-order valence-corrected chi connectivity index (χ1v) is 7.73. The first-order chi connectivity index (χ1) is 5.85. The molecular weight excluding hydrogens is 184 g/mol. The average Bonchev–Trinajstić information content (AvgIpc) is 1.99. The lowest BCUT2D eigenvalue weighted by atomic mass is 10.4. The molecule has 0 aromatic carbocycles. The fourth-order valence-corrected chi connectivity index (χ4v) is 1.38. The first-order valence-electron chi connectivity index (χ1n) is 4.32. The molecular formula is C9H18O3Si. The van der Waals surface area contributed by atoms with Gasteiger partial charge in [0.15, 0.2) is 8.32 Å². The highest BCUT2D eigenvalue weighted by Gasteiger charge is 2.16. The molecule has 0 fully saturated rings. The molecule has 1 atom stereocenters. The largest absolute Gasteiger partial charge is 0.457 e. The summed E-state index contributed by atoms with van der Waals surface area (Å²) in [5.74, 6) is -0.397. The molecule has 13 heavy (non-hydrogen) atoms. The van der Waals surface area contributed by atoms with Crippen LogP contribution in [0.1, 0.15) is 6.92 Å². The Labute approximate surface area is 80.9 Å². The third-order valence-corrected chi connectivity index (χ3v) is 2.27. The topological polar surface area (TPSA) is 35.5 Å². The van der Waals surface area contributed by atoms with Gasteiger partial charge in [-0.05, 0) is 26.6 Å². The van der Waals surface area contributed by atoms with Gasteiger partial charge in [0, 0.05) is 6.08 Å². The smallest absolute Gasteiger partial charge is 0.330 e. The van der Waals surface area contributed by atoms with Gasteiger partial charge in [0.05, 0.1) is 6.61 Å². The van der Waals surface area contributed by atoms with Gasteiger partial charge in [-0.2, -0.15) is 0 Å². The third-order valence-electron chi connectivity index (χ3n) is 1.24. The highest BCUT2D eigenvalue weighted by molar-refractivity contribution is 6.69. The summed E-state index contributed by atoms with van der Waals surface area (Å²) in [4.78, 5) is 10.8. The summed E-state index contributed by atoms with van der Waals surface area (Å²) in [7, 11) is -1.50. The highest BCUT2D eigenvalue weighted by Crippen LogP contribution is 2.04. The molecule has 0 amide bonds. The van der Waals surface area contributed by atoms with E-state index < -0.39 is 14.3 Å². The third kappa shape index (κ3) is 7.74. The van der Waals surface area contributed by atoms with Crippen LogP contribution in [0.3, 0.4) is 0 Å². The van der Waals surface area contributed by atoms with Gasteiger partial charge < -0.3 is 9.16 Å². The predicted octanol–water partition coefficient (Wildman–Crippen LogP) is 1.96. The van der Waals surface area contributed by atoms with Crippen molar-refractivity contribution >= 4 is 14.3 Å². The van der Waals surface area contributed by atoms with Gasteiger partial charge in [-0.1, -0.05) is 6.58 Å². The van der Waals surface area contributed by atoms with Gasteiger partial charge in [0.25, 0.3) is 0 Å². The standard InChI is InChI=1S/C9H18O3Si/c1-6-9(10)12-8(2)7-11-13(3,4)5/h6,8H,1,7H2,2-5H3. The molecule has 0 rings (SSSR count). The van der Waals surface area contributed by atoms with Crippen LogP contribution in [0, 0.1) is 0 Å². The Morgan fingerprint density at radius 3 is 2.46 bits per heavy atom. The highest BCUT2D eigenvalue weighted by atomic mass is 28.4. The van der Waals surface area contributed by atoms with Crippen LogP contribution in [0.2, 0.25) is 19.6 Å². The Morgan fingerprint density at radius 1 is 1.54 bits per heavy atom. The van der Waals surface area contributed by atoms with Crippen LogP contribution >= 0.6 is 0 Å². The molecule has 0 spiro atoms. The van der Waals surface area contributed by atoms with E-state index in [-0.39, 0.29) is 6.10 Å². The average molecular weight is 202 g/mol. The summed E-state index contributed by atoms with van der Waals surface area (Å²) in [6.07, 6.45) is 0.961. The molecule has 0 bridgehead atoms. The second-order valence-electron chi connectivity index (χ2n) is 3.88. The molecule has 0 aromatic heterocycles. The zero-order chi connectivity index (χ0) is 10.5. The minimum atomic E-state index is -1.50. The van der Waals surface area contributed by atoms with Gasteiger partial charge in [-0.3, -0.25) is 0 Å². The molecule has 0 aromatic rings. The van der Waals surface area contributed by atoms with Crippen molar-refractivity contribution in [3.8, 4) is 0 Å². The number of hydrogen-bond acceptors (Lipinski definition) is 3. The van der Waals surface area contributed by atoms with Gasteiger partial charge in [-0.15, -0.1) is 0 Å². The minimum Gasteiger partial charge on any atom is -0.457 e. The number of hydrogen-bond donors (Lipinski definition) is 0. The van der Waals surface area contributed by atoms with E-state index in [0.29, 0.717) is 6.61 Å². The summed E-state index contributed by atoms with van der Waals surface area (Å²) < 4.78 is 10.5. The maximum Gasteiger partial charge on any atom is 0.330 e. The molecule has 1 unspecified atom stereocenters. The molecule has 76 valence electrons. The molecule has 0 aliphatic heterocycles. The number of carbonyl (C=O) groups excluding carboxylic acids is 1. The molecule has 4 heteroatoms. The predicted molar refractivity (Wildman–Crippen MR) is 55.0 cm³/mol.